The Balaban J connectivity index is 1.67. The summed E-state index contributed by atoms with van der Waals surface area (Å²) in [5.74, 6) is -1.71. The van der Waals surface area contributed by atoms with Gasteiger partial charge in [-0.15, -0.1) is 0 Å². The van der Waals surface area contributed by atoms with Crippen LogP contribution in [0, 0.1) is 29.0 Å². The van der Waals surface area contributed by atoms with Gasteiger partial charge in [-0.1, -0.05) is 0 Å². The highest BCUT2D eigenvalue weighted by Crippen LogP contribution is 2.39. The largest absolute Gasteiger partial charge is 0.465 e. The van der Waals surface area contributed by atoms with E-state index in [1.165, 1.54) is 40.0 Å². The number of carbonyl (C=O) groups is 2. The molecule has 2 amide bonds. The average Bonchev–Trinajstić information content (AvgIpc) is 3.44. The number of likely N-dealkylation sites (tertiary alicyclic amines) is 1. The molecule has 4 rings (SSSR count). The molecule has 2 aliphatic heterocycles. The van der Waals surface area contributed by atoms with Crippen molar-refractivity contribution >= 4 is 23.5 Å². The zero-order valence-electron chi connectivity index (χ0n) is 17.1. The average molecular weight is 442 g/mol. The van der Waals surface area contributed by atoms with E-state index in [4.69, 9.17) is 10.5 Å². The number of ether oxygens (including phenoxy) is 1. The third-order valence-electron chi connectivity index (χ3n) is 6.09. The van der Waals surface area contributed by atoms with Gasteiger partial charge in [-0.05, 0) is 37.1 Å². The number of halogens is 1. The van der Waals surface area contributed by atoms with E-state index < -0.39 is 35.8 Å². The number of rotatable bonds is 5. The van der Waals surface area contributed by atoms with Crippen LogP contribution in [-0.2, 0) is 4.74 Å². The Bertz CT molecular complexity index is 1040. The number of piperidine rings is 1. The van der Waals surface area contributed by atoms with Crippen molar-refractivity contribution < 1.29 is 23.8 Å². The standard InChI is InChI=1S/C21H23FN6O4/c22-13-1-3-14(4-2-13)25-20-16(19(24)29)10-28(26-20)17-5-7-27(21(30)31)18(15(17)9-23)12-6-8-32-11-12/h1-4,10,12,15,17-18H,5-8,11H2,(H2,24,29)(H,25,26)(H,30,31)/t12?,15-,17+,18?/m1/s1. The number of nitriles is 1. The van der Waals surface area contributed by atoms with Crippen molar-refractivity contribution in [2.45, 2.75) is 24.9 Å². The predicted molar refractivity (Wildman–Crippen MR) is 111 cm³/mol. The van der Waals surface area contributed by atoms with E-state index in [-0.39, 0.29) is 23.8 Å². The Hall–Kier alpha value is -3.65. The maximum atomic E-state index is 13.2. The lowest BCUT2D eigenvalue weighted by atomic mass is 9.78. The number of primary amides is 1. The SMILES string of the molecule is N#C[C@H]1C(C2CCOC2)N(C(=O)O)CC[C@@H]1n1cc(C(N)=O)c(Nc2ccc(F)cc2)n1. The summed E-state index contributed by atoms with van der Waals surface area (Å²) in [5, 5.41) is 27.1. The lowest BCUT2D eigenvalue weighted by molar-refractivity contribution is 0.0351. The van der Waals surface area contributed by atoms with Crippen molar-refractivity contribution in [2.75, 3.05) is 25.1 Å². The number of aromatic nitrogens is 2. The molecule has 168 valence electrons. The van der Waals surface area contributed by atoms with E-state index in [1.807, 2.05) is 0 Å². The maximum absolute atomic E-state index is 13.2. The minimum atomic E-state index is -1.07. The Labute approximate surface area is 183 Å². The van der Waals surface area contributed by atoms with Crippen LogP contribution in [-0.4, -0.2) is 57.6 Å². The van der Waals surface area contributed by atoms with Gasteiger partial charge in [0.05, 0.1) is 30.7 Å². The number of amides is 2. The molecule has 0 bridgehead atoms. The Morgan fingerprint density at radius 1 is 1.31 bits per heavy atom. The molecular weight excluding hydrogens is 419 g/mol. The van der Waals surface area contributed by atoms with Crippen LogP contribution in [0.15, 0.2) is 30.5 Å². The fraction of sp³-hybridized carbons (Fsp3) is 0.429. The number of carbonyl (C=O) groups excluding carboxylic acids is 1. The van der Waals surface area contributed by atoms with Gasteiger partial charge in [0.2, 0.25) is 0 Å². The molecule has 4 atom stereocenters. The molecule has 4 N–H and O–H groups in total. The van der Waals surface area contributed by atoms with E-state index in [0.717, 1.165) is 0 Å². The lowest BCUT2D eigenvalue weighted by Crippen LogP contribution is -2.54. The Morgan fingerprint density at radius 2 is 2.06 bits per heavy atom. The third kappa shape index (κ3) is 4.09. The number of hydrogen-bond donors (Lipinski definition) is 3. The van der Waals surface area contributed by atoms with Crippen molar-refractivity contribution in [3.05, 3.63) is 41.8 Å². The number of nitrogens with one attached hydrogen (secondary N) is 1. The van der Waals surface area contributed by atoms with Gasteiger partial charge in [0.1, 0.15) is 11.4 Å². The van der Waals surface area contributed by atoms with Gasteiger partial charge < -0.3 is 25.8 Å². The van der Waals surface area contributed by atoms with Crippen LogP contribution in [0.4, 0.5) is 20.7 Å². The summed E-state index contributed by atoms with van der Waals surface area (Å²) >= 11 is 0. The quantitative estimate of drug-likeness (QED) is 0.644. The lowest BCUT2D eigenvalue weighted by Gasteiger charge is -2.43. The molecule has 2 aliphatic rings. The van der Waals surface area contributed by atoms with Crippen LogP contribution >= 0.6 is 0 Å². The zero-order valence-corrected chi connectivity index (χ0v) is 17.1. The number of hydrogen-bond acceptors (Lipinski definition) is 6. The molecule has 2 fully saturated rings. The summed E-state index contributed by atoms with van der Waals surface area (Å²) in [4.78, 5) is 25.2. The topological polar surface area (TPSA) is 146 Å². The third-order valence-corrected chi connectivity index (χ3v) is 6.09. The molecule has 10 nitrogen and oxygen atoms in total. The van der Waals surface area contributed by atoms with E-state index in [1.54, 1.807) is 0 Å². The molecule has 11 heteroatoms. The van der Waals surface area contributed by atoms with Gasteiger partial charge in [-0.2, -0.15) is 10.4 Å². The smallest absolute Gasteiger partial charge is 0.407 e. The van der Waals surface area contributed by atoms with Gasteiger partial charge in [-0.3, -0.25) is 9.48 Å². The summed E-state index contributed by atoms with van der Waals surface area (Å²) in [6, 6.07) is 6.81. The van der Waals surface area contributed by atoms with Gasteiger partial charge in [0.25, 0.3) is 5.91 Å². The van der Waals surface area contributed by atoms with Gasteiger partial charge in [-0.25, -0.2) is 9.18 Å². The van der Waals surface area contributed by atoms with Crippen molar-refractivity contribution in [3.8, 4) is 6.07 Å². The van der Waals surface area contributed by atoms with E-state index >= 15 is 0 Å². The molecule has 3 heterocycles. The highest BCUT2D eigenvalue weighted by Gasteiger charge is 2.46. The second-order valence-electron chi connectivity index (χ2n) is 7.97. The first-order chi connectivity index (χ1) is 15.4. The van der Waals surface area contributed by atoms with Crippen LogP contribution in [0.2, 0.25) is 0 Å². The summed E-state index contributed by atoms with van der Waals surface area (Å²) in [6.07, 6.45) is 1.42. The fourth-order valence-corrected chi connectivity index (χ4v) is 4.58. The van der Waals surface area contributed by atoms with Crippen LogP contribution in [0.5, 0.6) is 0 Å². The second-order valence-corrected chi connectivity index (χ2v) is 7.97. The molecule has 0 spiro atoms. The normalized spacial score (nSPS) is 25.3. The highest BCUT2D eigenvalue weighted by molar-refractivity contribution is 5.98. The van der Waals surface area contributed by atoms with Crippen LogP contribution < -0.4 is 11.1 Å². The molecule has 1 aromatic carbocycles. The summed E-state index contributed by atoms with van der Waals surface area (Å²) in [5.41, 5.74) is 6.16. The van der Waals surface area contributed by atoms with E-state index in [9.17, 15) is 24.3 Å². The first kappa shape index (κ1) is 21.6. The maximum Gasteiger partial charge on any atom is 0.407 e. The van der Waals surface area contributed by atoms with Crippen LogP contribution in [0.25, 0.3) is 0 Å². The summed E-state index contributed by atoms with van der Waals surface area (Å²) in [7, 11) is 0. The van der Waals surface area contributed by atoms with Gasteiger partial charge in [0.15, 0.2) is 5.82 Å². The molecule has 0 aliphatic carbocycles. The summed E-state index contributed by atoms with van der Waals surface area (Å²) < 4.78 is 20.2. The van der Waals surface area contributed by atoms with E-state index in [0.29, 0.717) is 31.7 Å². The van der Waals surface area contributed by atoms with E-state index in [2.05, 4.69) is 16.5 Å². The molecule has 2 aromatic rings. The van der Waals surface area contributed by atoms with Crippen molar-refractivity contribution in [2.24, 2.45) is 17.6 Å². The van der Waals surface area contributed by atoms with Gasteiger partial charge >= 0.3 is 6.09 Å². The number of carboxylic acid groups (broad SMARTS) is 1. The molecule has 0 radical (unpaired) electrons. The Kier molecular flexibility index (Phi) is 5.96. The van der Waals surface area contributed by atoms with Crippen molar-refractivity contribution in [3.63, 3.8) is 0 Å². The molecular formula is C21H23FN6O4. The first-order valence-corrected chi connectivity index (χ1v) is 10.3. The number of nitrogens with two attached hydrogens (primary N) is 1. The molecule has 2 unspecified atom stereocenters. The first-order valence-electron chi connectivity index (χ1n) is 10.3. The van der Waals surface area contributed by atoms with Crippen LogP contribution in [0.1, 0.15) is 29.2 Å². The molecule has 32 heavy (non-hydrogen) atoms. The van der Waals surface area contributed by atoms with Crippen molar-refractivity contribution in [1.82, 2.24) is 14.7 Å². The van der Waals surface area contributed by atoms with Gasteiger partial charge in [0, 0.05) is 31.0 Å². The molecule has 2 saturated heterocycles. The minimum absolute atomic E-state index is 0.0958. The van der Waals surface area contributed by atoms with Crippen molar-refractivity contribution in [1.29, 1.82) is 5.26 Å². The minimum Gasteiger partial charge on any atom is -0.465 e. The monoisotopic (exact) mass is 442 g/mol. The number of anilines is 2. The zero-order chi connectivity index (χ0) is 22.8. The number of nitrogens with zero attached hydrogens (tertiary/aromatic N) is 4. The fourth-order valence-electron chi connectivity index (χ4n) is 4.58. The Morgan fingerprint density at radius 3 is 2.66 bits per heavy atom. The number of benzene rings is 1. The molecule has 1 aromatic heterocycles. The highest BCUT2D eigenvalue weighted by atomic mass is 19.1. The molecule has 0 saturated carbocycles. The van der Waals surface area contributed by atoms with Crippen LogP contribution in [0.3, 0.4) is 0 Å². The predicted octanol–water partition coefficient (Wildman–Crippen LogP) is 2.33. The second kappa shape index (κ2) is 8.84. The summed E-state index contributed by atoms with van der Waals surface area (Å²) in [6.45, 7) is 1.14.